The Morgan fingerprint density at radius 2 is 1.95 bits per heavy atom. The number of aromatic nitrogens is 2. The lowest BCUT2D eigenvalue weighted by atomic mass is 10.1. The van der Waals surface area contributed by atoms with Gasteiger partial charge < -0.3 is 5.11 Å². The van der Waals surface area contributed by atoms with Crippen LogP contribution in [0.1, 0.15) is 15.4 Å². The Kier molecular flexibility index (Phi) is 3.08. The third kappa shape index (κ3) is 2.10. The summed E-state index contributed by atoms with van der Waals surface area (Å²) in [6, 6.07) is 10.4. The maximum absolute atomic E-state index is 12.3. The highest BCUT2D eigenvalue weighted by Crippen LogP contribution is 2.14. The van der Waals surface area contributed by atoms with Crippen molar-refractivity contribution in [1.29, 1.82) is 0 Å². The molecule has 0 spiro atoms. The molecule has 100 valence electrons. The van der Waals surface area contributed by atoms with Gasteiger partial charge in [0.1, 0.15) is 0 Å². The molecule has 0 fully saturated rings. The molecule has 3 aromatic rings. The molecule has 0 bridgehead atoms. The summed E-state index contributed by atoms with van der Waals surface area (Å²) < 4.78 is 1.21. The number of rotatable bonds is 3. The van der Waals surface area contributed by atoms with Crippen molar-refractivity contribution in [2.24, 2.45) is 0 Å². The summed E-state index contributed by atoms with van der Waals surface area (Å²) in [5.41, 5.74) is -0.379. The molecule has 0 saturated heterocycles. The summed E-state index contributed by atoms with van der Waals surface area (Å²) in [5, 5.41) is 15.9. The van der Waals surface area contributed by atoms with E-state index in [9.17, 15) is 14.7 Å². The summed E-state index contributed by atoms with van der Waals surface area (Å²) >= 11 is 1.50. The van der Waals surface area contributed by atoms with Gasteiger partial charge in [0.2, 0.25) is 0 Å². The van der Waals surface area contributed by atoms with E-state index < -0.39 is 5.97 Å². The molecule has 0 unspecified atom stereocenters. The van der Waals surface area contributed by atoms with Crippen LogP contribution in [0, 0.1) is 0 Å². The summed E-state index contributed by atoms with van der Waals surface area (Å²) in [6.07, 6.45) is 0. The second kappa shape index (κ2) is 4.90. The van der Waals surface area contributed by atoms with Gasteiger partial charge in [-0.15, -0.1) is 11.3 Å². The van der Waals surface area contributed by atoms with Crippen molar-refractivity contribution in [3.05, 3.63) is 62.7 Å². The van der Waals surface area contributed by atoms with Crippen molar-refractivity contribution in [2.45, 2.75) is 6.54 Å². The molecule has 1 N–H and O–H groups in total. The molecular weight excluding hydrogens is 276 g/mol. The van der Waals surface area contributed by atoms with E-state index in [1.807, 2.05) is 17.5 Å². The lowest BCUT2D eigenvalue weighted by Crippen LogP contribution is -2.26. The fourth-order valence-corrected chi connectivity index (χ4v) is 2.74. The zero-order valence-corrected chi connectivity index (χ0v) is 11.1. The van der Waals surface area contributed by atoms with E-state index in [1.165, 1.54) is 16.0 Å². The molecule has 0 aliphatic heterocycles. The Labute approximate surface area is 117 Å². The molecule has 2 aromatic heterocycles. The molecule has 20 heavy (non-hydrogen) atoms. The second-order valence-electron chi connectivity index (χ2n) is 4.24. The van der Waals surface area contributed by atoms with Crippen LogP contribution in [0.5, 0.6) is 0 Å². The number of thiophene rings is 1. The topological polar surface area (TPSA) is 72.2 Å². The zero-order valence-electron chi connectivity index (χ0n) is 10.3. The summed E-state index contributed by atoms with van der Waals surface area (Å²) in [6.45, 7) is 0.279. The van der Waals surface area contributed by atoms with Gasteiger partial charge in [-0.3, -0.25) is 4.79 Å². The van der Waals surface area contributed by atoms with Crippen LogP contribution in [0.2, 0.25) is 0 Å². The predicted octanol–water partition coefficient (Wildman–Crippen LogP) is 2.20. The van der Waals surface area contributed by atoms with Crippen molar-refractivity contribution < 1.29 is 9.90 Å². The third-order valence-corrected chi connectivity index (χ3v) is 3.82. The average Bonchev–Trinajstić information content (AvgIpc) is 2.94. The SMILES string of the molecule is O=C(O)c1nn(Cc2cccs2)c(=O)c2ccccc12. The number of hydrogen-bond acceptors (Lipinski definition) is 4. The minimum atomic E-state index is -1.14. The van der Waals surface area contributed by atoms with Gasteiger partial charge in [-0.2, -0.15) is 5.10 Å². The van der Waals surface area contributed by atoms with E-state index >= 15 is 0 Å². The summed E-state index contributed by atoms with van der Waals surface area (Å²) in [7, 11) is 0. The van der Waals surface area contributed by atoms with E-state index in [4.69, 9.17) is 0 Å². The van der Waals surface area contributed by atoms with Crippen LogP contribution in [0.25, 0.3) is 10.8 Å². The first-order chi connectivity index (χ1) is 9.66. The summed E-state index contributed by atoms with van der Waals surface area (Å²) in [5.74, 6) is -1.14. The number of nitrogens with zero attached hydrogens (tertiary/aromatic N) is 2. The van der Waals surface area contributed by atoms with E-state index in [0.717, 1.165) is 4.88 Å². The third-order valence-electron chi connectivity index (χ3n) is 2.96. The first-order valence-electron chi connectivity index (χ1n) is 5.92. The zero-order chi connectivity index (χ0) is 14.1. The van der Waals surface area contributed by atoms with Gasteiger partial charge in [0.15, 0.2) is 5.69 Å². The number of hydrogen-bond donors (Lipinski definition) is 1. The standard InChI is InChI=1S/C14H10N2O3S/c17-13-11-6-2-1-5-10(11)12(14(18)19)15-16(13)8-9-4-3-7-20-9/h1-7H,8H2,(H,18,19). The monoisotopic (exact) mass is 286 g/mol. The maximum Gasteiger partial charge on any atom is 0.357 e. The van der Waals surface area contributed by atoms with Crippen molar-refractivity contribution in [1.82, 2.24) is 9.78 Å². The average molecular weight is 286 g/mol. The highest BCUT2D eigenvalue weighted by molar-refractivity contribution is 7.09. The fourth-order valence-electron chi connectivity index (χ4n) is 2.05. The van der Waals surface area contributed by atoms with Gasteiger partial charge in [0, 0.05) is 10.3 Å². The molecule has 2 heterocycles. The van der Waals surface area contributed by atoms with Crippen LogP contribution in [-0.2, 0) is 6.54 Å². The molecular formula is C14H10N2O3S. The van der Waals surface area contributed by atoms with Crippen LogP contribution in [0.4, 0.5) is 0 Å². The largest absolute Gasteiger partial charge is 0.476 e. The number of benzene rings is 1. The van der Waals surface area contributed by atoms with Gasteiger partial charge in [-0.05, 0) is 17.5 Å². The number of fused-ring (bicyclic) bond motifs is 1. The second-order valence-corrected chi connectivity index (χ2v) is 5.27. The molecule has 0 aliphatic rings. The molecule has 5 nitrogen and oxygen atoms in total. The van der Waals surface area contributed by atoms with Gasteiger partial charge in [0.25, 0.3) is 5.56 Å². The Balaban J connectivity index is 2.25. The Morgan fingerprint density at radius 1 is 1.20 bits per heavy atom. The fraction of sp³-hybridized carbons (Fsp3) is 0.0714. The number of carboxylic acid groups (broad SMARTS) is 1. The molecule has 0 atom stereocenters. The van der Waals surface area contributed by atoms with Crippen molar-refractivity contribution in [3.8, 4) is 0 Å². The lowest BCUT2D eigenvalue weighted by molar-refractivity contribution is 0.0690. The molecule has 1 aromatic carbocycles. The first kappa shape index (κ1) is 12.6. The highest BCUT2D eigenvalue weighted by Gasteiger charge is 2.15. The number of aromatic carboxylic acids is 1. The molecule has 6 heteroatoms. The van der Waals surface area contributed by atoms with E-state index in [1.54, 1.807) is 24.3 Å². The maximum atomic E-state index is 12.3. The van der Waals surface area contributed by atoms with Crippen LogP contribution in [0.3, 0.4) is 0 Å². The van der Waals surface area contributed by atoms with Crippen molar-refractivity contribution in [3.63, 3.8) is 0 Å². The van der Waals surface area contributed by atoms with Gasteiger partial charge >= 0.3 is 5.97 Å². The van der Waals surface area contributed by atoms with E-state index in [2.05, 4.69) is 5.10 Å². The Bertz CT molecular complexity index is 837. The Morgan fingerprint density at radius 3 is 2.60 bits per heavy atom. The van der Waals surface area contributed by atoms with Crippen LogP contribution < -0.4 is 5.56 Å². The Hall–Kier alpha value is -2.47. The van der Waals surface area contributed by atoms with E-state index in [-0.39, 0.29) is 17.8 Å². The lowest BCUT2D eigenvalue weighted by Gasteiger charge is -2.07. The smallest absolute Gasteiger partial charge is 0.357 e. The number of carboxylic acids is 1. The number of carbonyl (C=O) groups is 1. The van der Waals surface area contributed by atoms with Crippen LogP contribution in [0.15, 0.2) is 46.6 Å². The molecule has 0 aliphatic carbocycles. The first-order valence-corrected chi connectivity index (χ1v) is 6.80. The normalized spacial score (nSPS) is 10.8. The quantitative estimate of drug-likeness (QED) is 0.801. The van der Waals surface area contributed by atoms with Crippen LogP contribution in [-0.4, -0.2) is 20.9 Å². The predicted molar refractivity (Wildman–Crippen MR) is 76.4 cm³/mol. The van der Waals surface area contributed by atoms with E-state index in [0.29, 0.717) is 10.8 Å². The van der Waals surface area contributed by atoms with Gasteiger partial charge in [-0.25, -0.2) is 9.48 Å². The van der Waals surface area contributed by atoms with Crippen molar-refractivity contribution in [2.75, 3.05) is 0 Å². The summed E-state index contributed by atoms with van der Waals surface area (Å²) in [4.78, 5) is 24.6. The van der Waals surface area contributed by atoms with Crippen LogP contribution >= 0.6 is 11.3 Å². The molecule has 0 saturated carbocycles. The van der Waals surface area contributed by atoms with Crippen molar-refractivity contribution >= 4 is 28.1 Å². The molecule has 0 amide bonds. The van der Waals surface area contributed by atoms with Gasteiger partial charge in [0.05, 0.1) is 11.9 Å². The van der Waals surface area contributed by atoms with Gasteiger partial charge in [-0.1, -0.05) is 24.3 Å². The molecule has 0 radical (unpaired) electrons. The minimum absolute atomic E-state index is 0.100. The highest BCUT2D eigenvalue weighted by atomic mass is 32.1. The molecule has 3 rings (SSSR count). The minimum Gasteiger partial charge on any atom is -0.476 e.